The van der Waals surface area contributed by atoms with E-state index in [2.05, 4.69) is 20.0 Å². The van der Waals surface area contributed by atoms with E-state index in [1.54, 1.807) is 36.4 Å². The number of amides is 1. The molecule has 2 aromatic carbocycles. The molecule has 1 heterocycles. The van der Waals surface area contributed by atoms with Crippen LogP contribution >= 0.6 is 0 Å². The van der Waals surface area contributed by atoms with Gasteiger partial charge in [0.15, 0.2) is 6.10 Å². The zero-order valence-corrected chi connectivity index (χ0v) is 19.9. The van der Waals surface area contributed by atoms with Crippen LogP contribution in [0, 0.1) is 0 Å². The lowest BCUT2D eigenvalue weighted by molar-refractivity contribution is -0.148. The average molecular weight is 497 g/mol. The monoisotopic (exact) mass is 496 g/mol. The number of hydrogen-bond donors (Lipinski definition) is 2. The molecule has 0 aliphatic carbocycles. The summed E-state index contributed by atoms with van der Waals surface area (Å²) in [7, 11) is -3.90. The zero-order valence-electron chi connectivity index (χ0n) is 19.0. The van der Waals surface area contributed by atoms with Gasteiger partial charge in [0.1, 0.15) is 5.75 Å². The minimum Gasteiger partial charge on any atom is -0.494 e. The Morgan fingerprint density at radius 3 is 2.31 bits per heavy atom. The highest BCUT2D eigenvalue weighted by Gasteiger charge is 2.18. The van der Waals surface area contributed by atoms with Crippen molar-refractivity contribution in [1.82, 2.24) is 9.97 Å². The van der Waals surface area contributed by atoms with E-state index in [1.807, 2.05) is 6.92 Å². The molecule has 0 unspecified atom stereocenters. The SMILES string of the molecule is CCOc1ccc(/C=C/C(=O)O[C@@H](C)C(=O)Nc2ccc(S(=O)(=O)Nc3ncccn3)cc2)cc1. The Kier molecular flexibility index (Phi) is 8.52. The van der Waals surface area contributed by atoms with Crippen molar-refractivity contribution in [1.29, 1.82) is 0 Å². The summed E-state index contributed by atoms with van der Waals surface area (Å²) in [6.45, 7) is 3.88. The molecule has 1 atom stereocenters. The molecule has 0 spiro atoms. The van der Waals surface area contributed by atoms with E-state index >= 15 is 0 Å². The highest BCUT2D eigenvalue weighted by atomic mass is 32.2. The summed E-state index contributed by atoms with van der Waals surface area (Å²) in [6.07, 6.45) is 4.53. The van der Waals surface area contributed by atoms with Crippen LogP contribution in [0.15, 0.2) is 78.0 Å². The van der Waals surface area contributed by atoms with Crippen molar-refractivity contribution in [2.24, 2.45) is 0 Å². The van der Waals surface area contributed by atoms with E-state index in [9.17, 15) is 18.0 Å². The van der Waals surface area contributed by atoms with Crippen molar-refractivity contribution in [3.05, 3.63) is 78.6 Å². The molecular weight excluding hydrogens is 472 g/mol. The predicted octanol–water partition coefficient (Wildman–Crippen LogP) is 3.26. The molecule has 0 radical (unpaired) electrons. The third-order valence-electron chi connectivity index (χ3n) is 4.49. The fourth-order valence-electron chi connectivity index (χ4n) is 2.77. The largest absolute Gasteiger partial charge is 0.494 e. The molecule has 0 saturated carbocycles. The summed E-state index contributed by atoms with van der Waals surface area (Å²) < 4.78 is 37.6. The first-order valence-corrected chi connectivity index (χ1v) is 12.1. The van der Waals surface area contributed by atoms with Crippen molar-refractivity contribution in [2.45, 2.75) is 24.8 Å². The topological polar surface area (TPSA) is 137 Å². The van der Waals surface area contributed by atoms with Crippen LogP contribution in [0.25, 0.3) is 6.08 Å². The lowest BCUT2D eigenvalue weighted by atomic mass is 10.2. The molecule has 35 heavy (non-hydrogen) atoms. The van der Waals surface area contributed by atoms with Crippen LogP contribution in [-0.2, 0) is 24.3 Å². The quantitative estimate of drug-likeness (QED) is 0.322. The van der Waals surface area contributed by atoms with Gasteiger partial charge in [0.25, 0.3) is 15.9 Å². The van der Waals surface area contributed by atoms with Gasteiger partial charge < -0.3 is 14.8 Å². The first kappa shape index (κ1) is 25.4. The summed E-state index contributed by atoms with van der Waals surface area (Å²) in [5.74, 6) is -0.585. The Morgan fingerprint density at radius 2 is 1.69 bits per heavy atom. The van der Waals surface area contributed by atoms with Crippen LogP contribution in [0.2, 0.25) is 0 Å². The molecular formula is C24H24N4O6S. The Bertz CT molecular complexity index is 1280. The Balaban J connectivity index is 1.52. The van der Waals surface area contributed by atoms with E-state index in [-0.39, 0.29) is 10.8 Å². The molecule has 0 saturated heterocycles. The fraction of sp³-hybridized carbons (Fsp3) is 0.167. The van der Waals surface area contributed by atoms with Crippen LogP contribution in [0.3, 0.4) is 0 Å². The van der Waals surface area contributed by atoms with Gasteiger partial charge in [-0.1, -0.05) is 12.1 Å². The standard InChI is InChI=1S/C24H24N4O6S/c1-3-33-20-10-5-18(6-11-20)7-14-22(29)34-17(2)23(30)27-19-8-12-21(13-9-19)35(31,32)28-24-25-15-4-16-26-24/h4-17H,3H2,1-2H3,(H,27,30)(H,25,26,28)/b14-7+/t17-/m0/s1. The number of esters is 1. The number of aromatic nitrogens is 2. The maximum absolute atomic E-state index is 12.4. The minimum absolute atomic E-state index is 0.0399. The summed E-state index contributed by atoms with van der Waals surface area (Å²) in [6, 6.07) is 14.2. The molecule has 1 amide bonds. The zero-order chi connectivity index (χ0) is 25.3. The molecule has 0 aliphatic rings. The molecule has 0 bridgehead atoms. The second kappa shape index (κ2) is 11.7. The van der Waals surface area contributed by atoms with Gasteiger partial charge in [-0.05, 0) is 68.0 Å². The Labute approximate surface area is 203 Å². The molecule has 3 aromatic rings. The van der Waals surface area contributed by atoms with E-state index < -0.39 is 28.0 Å². The molecule has 11 heteroatoms. The molecule has 2 N–H and O–H groups in total. The van der Waals surface area contributed by atoms with Crippen LogP contribution in [-0.4, -0.2) is 43.0 Å². The van der Waals surface area contributed by atoms with Crippen LogP contribution in [0.4, 0.5) is 11.6 Å². The van der Waals surface area contributed by atoms with Gasteiger partial charge in [-0.25, -0.2) is 27.9 Å². The number of nitrogens with zero attached hydrogens (tertiary/aromatic N) is 2. The summed E-state index contributed by atoms with van der Waals surface area (Å²) >= 11 is 0. The van der Waals surface area contributed by atoms with Crippen molar-refractivity contribution in [2.75, 3.05) is 16.6 Å². The third-order valence-corrected chi connectivity index (χ3v) is 5.83. The normalized spacial score (nSPS) is 12.1. The molecule has 3 rings (SSSR count). The average Bonchev–Trinajstić information content (AvgIpc) is 2.84. The summed E-state index contributed by atoms with van der Waals surface area (Å²) in [4.78, 5) is 32.0. The van der Waals surface area contributed by atoms with Crippen molar-refractivity contribution < 1.29 is 27.5 Å². The highest BCUT2D eigenvalue weighted by Crippen LogP contribution is 2.17. The predicted molar refractivity (Wildman–Crippen MR) is 130 cm³/mol. The maximum Gasteiger partial charge on any atom is 0.331 e. The number of ether oxygens (including phenoxy) is 2. The number of carbonyl (C=O) groups excluding carboxylic acids is 2. The van der Waals surface area contributed by atoms with E-state index in [1.165, 1.54) is 49.7 Å². The lowest BCUT2D eigenvalue weighted by Crippen LogP contribution is -2.29. The van der Waals surface area contributed by atoms with E-state index in [4.69, 9.17) is 9.47 Å². The lowest BCUT2D eigenvalue weighted by Gasteiger charge is -2.13. The minimum atomic E-state index is -3.90. The van der Waals surface area contributed by atoms with Gasteiger partial charge >= 0.3 is 5.97 Å². The Morgan fingerprint density at radius 1 is 1.03 bits per heavy atom. The molecule has 0 fully saturated rings. The van der Waals surface area contributed by atoms with E-state index in [0.717, 1.165) is 11.3 Å². The number of nitrogens with one attached hydrogen (secondary N) is 2. The van der Waals surface area contributed by atoms with Crippen molar-refractivity contribution >= 4 is 39.6 Å². The number of anilines is 2. The molecule has 0 aliphatic heterocycles. The molecule has 182 valence electrons. The smallest absolute Gasteiger partial charge is 0.331 e. The van der Waals surface area contributed by atoms with Gasteiger partial charge in [0, 0.05) is 24.2 Å². The van der Waals surface area contributed by atoms with Crippen LogP contribution in [0.5, 0.6) is 5.75 Å². The number of benzene rings is 2. The molecule has 1 aromatic heterocycles. The Hall–Kier alpha value is -4.25. The van der Waals surface area contributed by atoms with Gasteiger partial charge in [-0.2, -0.15) is 0 Å². The molecule has 10 nitrogen and oxygen atoms in total. The highest BCUT2D eigenvalue weighted by molar-refractivity contribution is 7.92. The maximum atomic E-state index is 12.4. The van der Waals surface area contributed by atoms with Gasteiger partial charge in [0.05, 0.1) is 11.5 Å². The van der Waals surface area contributed by atoms with Gasteiger partial charge in [0.2, 0.25) is 5.95 Å². The summed E-state index contributed by atoms with van der Waals surface area (Å²) in [5.41, 5.74) is 1.10. The number of sulfonamides is 1. The number of hydrogen-bond acceptors (Lipinski definition) is 8. The van der Waals surface area contributed by atoms with Gasteiger partial charge in [-0.15, -0.1) is 0 Å². The van der Waals surface area contributed by atoms with Crippen LogP contribution in [0.1, 0.15) is 19.4 Å². The van der Waals surface area contributed by atoms with E-state index in [0.29, 0.717) is 12.3 Å². The number of carbonyl (C=O) groups is 2. The number of rotatable bonds is 10. The van der Waals surface area contributed by atoms with Crippen molar-refractivity contribution in [3.8, 4) is 5.75 Å². The summed E-state index contributed by atoms with van der Waals surface area (Å²) in [5, 5.41) is 2.57. The van der Waals surface area contributed by atoms with Crippen molar-refractivity contribution in [3.63, 3.8) is 0 Å². The van der Waals surface area contributed by atoms with Gasteiger partial charge in [-0.3, -0.25) is 4.79 Å². The van der Waals surface area contributed by atoms with Crippen LogP contribution < -0.4 is 14.8 Å². The first-order chi connectivity index (χ1) is 16.8. The first-order valence-electron chi connectivity index (χ1n) is 10.6. The third kappa shape index (κ3) is 7.64. The second-order valence-corrected chi connectivity index (χ2v) is 8.79. The second-order valence-electron chi connectivity index (χ2n) is 7.11. The fourth-order valence-corrected chi connectivity index (χ4v) is 3.72.